The van der Waals surface area contributed by atoms with Gasteiger partial charge in [0.15, 0.2) is 0 Å². The van der Waals surface area contributed by atoms with Crippen molar-refractivity contribution in [2.75, 3.05) is 0 Å². The van der Waals surface area contributed by atoms with Gasteiger partial charge >= 0.3 is 0 Å². The summed E-state index contributed by atoms with van der Waals surface area (Å²) in [5, 5.41) is 7.52. The topological polar surface area (TPSA) is 0 Å². The van der Waals surface area contributed by atoms with Crippen LogP contribution in [0.4, 0.5) is 0 Å². The van der Waals surface area contributed by atoms with Gasteiger partial charge < -0.3 is 0 Å². The van der Waals surface area contributed by atoms with E-state index in [1.54, 1.807) is 0 Å². The van der Waals surface area contributed by atoms with E-state index in [-0.39, 0.29) is 0 Å². The zero-order valence-corrected chi connectivity index (χ0v) is 33.1. The van der Waals surface area contributed by atoms with Crippen LogP contribution in [0, 0.1) is 0 Å². The first-order chi connectivity index (χ1) is 29.8. The highest BCUT2D eigenvalue weighted by Crippen LogP contribution is 2.47. The first-order valence-electron chi connectivity index (χ1n) is 20.7. The van der Waals surface area contributed by atoms with E-state index in [1.165, 1.54) is 110 Å². The minimum atomic E-state index is 1.19. The van der Waals surface area contributed by atoms with Crippen LogP contribution in [0.2, 0.25) is 0 Å². The van der Waals surface area contributed by atoms with Crippen molar-refractivity contribution in [3.05, 3.63) is 243 Å². The Morgan fingerprint density at radius 2 is 0.600 bits per heavy atom. The van der Waals surface area contributed by atoms with Crippen molar-refractivity contribution < 1.29 is 0 Å². The Morgan fingerprint density at radius 1 is 0.167 bits per heavy atom. The molecule has 11 aromatic rings. The highest BCUT2D eigenvalue weighted by atomic mass is 14.2. The van der Waals surface area contributed by atoms with Gasteiger partial charge in [-0.2, -0.15) is 0 Å². The van der Waals surface area contributed by atoms with Gasteiger partial charge in [-0.1, -0.05) is 224 Å². The summed E-state index contributed by atoms with van der Waals surface area (Å²) in [4.78, 5) is 0. The number of hydrogen-bond donors (Lipinski definition) is 0. The maximum absolute atomic E-state index is 2.45. The van der Waals surface area contributed by atoms with Crippen LogP contribution in [0.3, 0.4) is 0 Å². The lowest BCUT2D eigenvalue weighted by Gasteiger charge is -2.20. The molecule has 0 nitrogen and oxygen atoms in total. The minimum absolute atomic E-state index is 1.19. The van der Waals surface area contributed by atoms with E-state index in [9.17, 15) is 0 Å². The predicted octanol–water partition coefficient (Wildman–Crippen LogP) is 16.8. The standard InChI is InChI=1S/C60H40/c1-3-16-41(17-4-1)47-22-15-23-49(39-47)52-37-36-50(60-56-28-13-11-26-54(56)59(45-19-5-2-6-20-45)55-27-12-14-29-57(55)60)40-58(52)53-25-10-9-24-51(53)44-33-30-43(31-34-44)48-35-32-42-18-7-8-21-46(42)38-48/h1-40H. The second-order valence-electron chi connectivity index (χ2n) is 15.6. The highest BCUT2D eigenvalue weighted by Gasteiger charge is 2.20. The highest BCUT2D eigenvalue weighted by molar-refractivity contribution is 6.21. The molecule has 0 unspecified atom stereocenters. The van der Waals surface area contributed by atoms with Crippen molar-refractivity contribution in [3.8, 4) is 77.9 Å². The van der Waals surface area contributed by atoms with Crippen molar-refractivity contribution >= 4 is 32.3 Å². The van der Waals surface area contributed by atoms with Crippen LogP contribution < -0.4 is 0 Å². The first kappa shape index (κ1) is 35.4. The lowest BCUT2D eigenvalue weighted by Crippen LogP contribution is -1.94. The van der Waals surface area contributed by atoms with Crippen molar-refractivity contribution in [3.63, 3.8) is 0 Å². The second-order valence-corrected chi connectivity index (χ2v) is 15.6. The molecule has 280 valence electrons. The molecule has 0 saturated heterocycles. The molecule has 0 bridgehead atoms. The van der Waals surface area contributed by atoms with Crippen LogP contribution in [0.5, 0.6) is 0 Å². The Hall–Kier alpha value is -7.80. The third kappa shape index (κ3) is 6.36. The summed E-state index contributed by atoms with van der Waals surface area (Å²) >= 11 is 0. The van der Waals surface area contributed by atoms with Gasteiger partial charge in [-0.15, -0.1) is 0 Å². The average molecular weight is 761 g/mol. The molecule has 0 N–H and O–H groups in total. The molecule has 60 heavy (non-hydrogen) atoms. The third-order valence-corrected chi connectivity index (χ3v) is 12.1. The van der Waals surface area contributed by atoms with Crippen LogP contribution in [0.25, 0.3) is 110 Å². The Kier molecular flexibility index (Phi) is 8.95. The Morgan fingerprint density at radius 3 is 1.28 bits per heavy atom. The van der Waals surface area contributed by atoms with Gasteiger partial charge in [0.25, 0.3) is 0 Å². The van der Waals surface area contributed by atoms with Gasteiger partial charge in [-0.25, -0.2) is 0 Å². The SMILES string of the molecule is c1ccc(-c2cccc(-c3ccc(-c4c5ccccc5c(-c5ccccc5)c5ccccc45)cc3-c3ccccc3-c3ccc(-c4ccc5ccccc5c4)cc3)c2)cc1. The fraction of sp³-hybridized carbons (Fsp3) is 0. The maximum Gasteiger partial charge on any atom is -0.00261 e. The fourth-order valence-electron chi connectivity index (χ4n) is 9.21. The summed E-state index contributed by atoms with van der Waals surface area (Å²) in [6, 6.07) is 88.8. The summed E-state index contributed by atoms with van der Waals surface area (Å²) in [5.74, 6) is 0. The van der Waals surface area contributed by atoms with E-state index in [0.29, 0.717) is 0 Å². The largest absolute Gasteiger partial charge is 0.0622 e. The van der Waals surface area contributed by atoms with Gasteiger partial charge in [-0.05, 0) is 128 Å². The van der Waals surface area contributed by atoms with Crippen molar-refractivity contribution in [2.24, 2.45) is 0 Å². The summed E-state index contributed by atoms with van der Waals surface area (Å²) in [6.45, 7) is 0. The molecule has 0 aliphatic heterocycles. The van der Waals surface area contributed by atoms with Crippen molar-refractivity contribution in [2.45, 2.75) is 0 Å². The number of rotatable bonds is 7. The van der Waals surface area contributed by atoms with Gasteiger partial charge in [0, 0.05) is 0 Å². The zero-order valence-electron chi connectivity index (χ0n) is 33.1. The molecule has 11 aromatic carbocycles. The molecule has 0 saturated carbocycles. The molecule has 0 aliphatic rings. The summed E-state index contributed by atoms with van der Waals surface area (Å²) in [7, 11) is 0. The zero-order chi connectivity index (χ0) is 39.8. The van der Waals surface area contributed by atoms with E-state index < -0.39 is 0 Å². The average Bonchev–Trinajstić information content (AvgIpc) is 3.33. The molecule has 0 heterocycles. The normalized spacial score (nSPS) is 11.3. The number of fused-ring (bicyclic) bond motifs is 3. The predicted molar refractivity (Wildman–Crippen MR) is 257 cm³/mol. The molecular formula is C60H40. The summed E-state index contributed by atoms with van der Waals surface area (Å²) in [6.07, 6.45) is 0. The van der Waals surface area contributed by atoms with Gasteiger partial charge in [-0.3, -0.25) is 0 Å². The van der Waals surface area contributed by atoms with Crippen LogP contribution in [-0.2, 0) is 0 Å². The van der Waals surface area contributed by atoms with Crippen molar-refractivity contribution in [1.29, 1.82) is 0 Å². The van der Waals surface area contributed by atoms with E-state index in [0.717, 1.165) is 0 Å². The fourth-order valence-corrected chi connectivity index (χ4v) is 9.21. The summed E-state index contributed by atoms with van der Waals surface area (Å²) < 4.78 is 0. The van der Waals surface area contributed by atoms with E-state index >= 15 is 0 Å². The third-order valence-electron chi connectivity index (χ3n) is 12.1. The van der Waals surface area contributed by atoms with Gasteiger partial charge in [0.2, 0.25) is 0 Å². The Balaban J connectivity index is 1.12. The van der Waals surface area contributed by atoms with Gasteiger partial charge in [0.05, 0.1) is 0 Å². The monoisotopic (exact) mass is 760 g/mol. The van der Waals surface area contributed by atoms with Gasteiger partial charge in [0.1, 0.15) is 0 Å². The molecule has 0 radical (unpaired) electrons. The molecular weight excluding hydrogens is 721 g/mol. The van der Waals surface area contributed by atoms with E-state index in [4.69, 9.17) is 0 Å². The molecule has 0 aromatic heterocycles. The quantitative estimate of drug-likeness (QED) is 0.142. The van der Waals surface area contributed by atoms with Crippen LogP contribution in [0.15, 0.2) is 243 Å². The second kappa shape index (κ2) is 15.2. The van der Waals surface area contributed by atoms with Crippen LogP contribution >= 0.6 is 0 Å². The van der Waals surface area contributed by atoms with E-state index in [2.05, 4.69) is 243 Å². The Labute approximate surface area is 351 Å². The van der Waals surface area contributed by atoms with E-state index in [1.807, 2.05) is 0 Å². The Bertz CT molecular complexity index is 3280. The molecule has 0 fully saturated rings. The van der Waals surface area contributed by atoms with Crippen molar-refractivity contribution in [1.82, 2.24) is 0 Å². The summed E-state index contributed by atoms with van der Waals surface area (Å²) in [5.41, 5.74) is 17.0. The number of benzene rings is 11. The smallest absolute Gasteiger partial charge is 0.00261 e. The van der Waals surface area contributed by atoms with Crippen LogP contribution in [-0.4, -0.2) is 0 Å². The lowest BCUT2D eigenvalue weighted by molar-refractivity contribution is 1.55. The molecule has 0 atom stereocenters. The maximum atomic E-state index is 2.45. The first-order valence-corrected chi connectivity index (χ1v) is 20.7. The van der Waals surface area contributed by atoms with Crippen LogP contribution in [0.1, 0.15) is 0 Å². The molecule has 0 amide bonds. The lowest BCUT2D eigenvalue weighted by atomic mass is 9.83. The molecule has 11 rings (SSSR count). The molecule has 0 heteroatoms. The minimum Gasteiger partial charge on any atom is -0.0622 e. The molecule has 0 aliphatic carbocycles. The molecule has 0 spiro atoms. The number of hydrogen-bond acceptors (Lipinski definition) is 0.